The van der Waals surface area contributed by atoms with Crippen LogP contribution in [0.5, 0.6) is 0 Å². The zero-order valence-electron chi connectivity index (χ0n) is 16.1. The molecule has 1 N–H and O–H groups in total. The summed E-state index contributed by atoms with van der Waals surface area (Å²) in [6.07, 6.45) is 7.92. The van der Waals surface area contributed by atoms with Gasteiger partial charge in [0.05, 0.1) is 13.2 Å². The van der Waals surface area contributed by atoms with Crippen LogP contribution in [0.1, 0.15) is 26.2 Å². The van der Waals surface area contributed by atoms with Crippen LogP contribution in [0, 0.1) is 5.92 Å². The molecule has 0 aromatic rings. The van der Waals surface area contributed by atoms with E-state index in [1.807, 2.05) is 0 Å². The number of nitrogens with zero attached hydrogens (tertiary/aromatic N) is 3. The Hall–Kier alpha value is -0.380. The molecule has 150 valence electrons. The van der Waals surface area contributed by atoms with Crippen LogP contribution in [0.25, 0.3) is 0 Å². The predicted octanol–water partition coefficient (Wildman–Crippen LogP) is 1.96. The van der Waals surface area contributed by atoms with Crippen molar-refractivity contribution in [1.29, 1.82) is 0 Å². The van der Waals surface area contributed by atoms with Gasteiger partial charge in [-0.1, -0.05) is 12.2 Å². The average molecular weight is 478 g/mol. The molecule has 7 heteroatoms. The Morgan fingerprint density at radius 3 is 2.88 bits per heavy atom. The van der Waals surface area contributed by atoms with Gasteiger partial charge in [-0.05, 0) is 26.2 Å². The Morgan fingerprint density at radius 2 is 2.15 bits per heavy atom. The van der Waals surface area contributed by atoms with Crippen molar-refractivity contribution in [2.24, 2.45) is 10.9 Å². The van der Waals surface area contributed by atoms with Gasteiger partial charge < -0.3 is 19.7 Å². The maximum absolute atomic E-state index is 5.77. The molecule has 3 heterocycles. The van der Waals surface area contributed by atoms with Crippen molar-refractivity contribution in [3.8, 4) is 0 Å². The normalized spacial score (nSPS) is 26.5. The summed E-state index contributed by atoms with van der Waals surface area (Å²) in [4.78, 5) is 9.80. The molecule has 0 spiro atoms. The first-order valence-corrected chi connectivity index (χ1v) is 9.94. The number of rotatable bonds is 8. The van der Waals surface area contributed by atoms with Crippen molar-refractivity contribution < 1.29 is 9.47 Å². The molecule has 3 rings (SSSR count). The number of nitrogens with one attached hydrogen (secondary N) is 1. The van der Waals surface area contributed by atoms with Gasteiger partial charge in [0.15, 0.2) is 5.96 Å². The number of ether oxygens (including phenoxy) is 2. The molecule has 2 unspecified atom stereocenters. The highest BCUT2D eigenvalue weighted by molar-refractivity contribution is 14.0. The minimum atomic E-state index is 0. The molecule has 3 aliphatic rings. The number of hydrogen-bond donors (Lipinski definition) is 1. The third kappa shape index (κ3) is 6.65. The average Bonchev–Trinajstić information content (AvgIpc) is 3.38. The van der Waals surface area contributed by atoms with Gasteiger partial charge in [0.25, 0.3) is 0 Å². The first-order valence-electron chi connectivity index (χ1n) is 9.94. The minimum absolute atomic E-state index is 0. The van der Waals surface area contributed by atoms with Gasteiger partial charge in [-0.15, -0.1) is 24.0 Å². The van der Waals surface area contributed by atoms with Gasteiger partial charge in [0.2, 0.25) is 0 Å². The molecule has 0 bridgehead atoms. The van der Waals surface area contributed by atoms with E-state index < -0.39 is 0 Å². The van der Waals surface area contributed by atoms with Crippen LogP contribution in [0.15, 0.2) is 17.1 Å². The van der Waals surface area contributed by atoms with Gasteiger partial charge in [-0.3, -0.25) is 9.89 Å². The summed E-state index contributed by atoms with van der Waals surface area (Å²) in [5, 5.41) is 3.46. The highest BCUT2D eigenvalue weighted by Crippen LogP contribution is 2.18. The standard InChI is InChI=1S/C19H34N4O2.HI/c1-2-20-19(21-8-5-12-24-15-17-7-13-25-16-17)23-11-6-18(14-23)22-9-3-4-10-22;/h3-4,17-18H,2,5-16H2,1H3,(H,20,21);1H. The van der Waals surface area contributed by atoms with Crippen LogP contribution in [0.2, 0.25) is 0 Å². The first-order chi connectivity index (χ1) is 12.4. The number of hydrogen-bond acceptors (Lipinski definition) is 4. The number of guanidine groups is 1. The van der Waals surface area contributed by atoms with Gasteiger partial charge in [0.1, 0.15) is 0 Å². The van der Waals surface area contributed by atoms with Crippen LogP contribution in [-0.2, 0) is 9.47 Å². The molecule has 3 aliphatic heterocycles. The van der Waals surface area contributed by atoms with Crippen molar-refractivity contribution in [1.82, 2.24) is 15.1 Å². The number of aliphatic imine (C=N–C) groups is 1. The fraction of sp³-hybridized carbons (Fsp3) is 0.842. The minimum Gasteiger partial charge on any atom is -0.381 e. The summed E-state index contributed by atoms with van der Waals surface area (Å²) in [5.41, 5.74) is 0. The van der Waals surface area contributed by atoms with Gasteiger partial charge in [-0.2, -0.15) is 0 Å². The van der Waals surface area contributed by atoms with E-state index in [2.05, 4.69) is 34.2 Å². The van der Waals surface area contributed by atoms with E-state index in [0.717, 1.165) is 84.5 Å². The number of halogens is 1. The summed E-state index contributed by atoms with van der Waals surface area (Å²) in [6, 6.07) is 0.663. The molecule has 6 nitrogen and oxygen atoms in total. The van der Waals surface area contributed by atoms with E-state index in [4.69, 9.17) is 14.5 Å². The monoisotopic (exact) mass is 478 g/mol. The second kappa shape index (κ2) is 12.2. The summed E-state index contributed by atoms with van der Waals surface area (Å²) < 4.78 is 11.1. The Bertz CT molecular complexity index is 447. The molecule has 0 radical (unpaired) electrons. The van der Waals surface area contributed by atoms with Crippen molar-refractivity contribution in [2.45, 2.75) is 32.2 Å². The molecular formula is C19H35IN4O2. The lowest BCUT2D eigenvalue weighted by Crippen LogP contribution is -2.42. The first kappa shape index (κ1) is 21.9. The predicted molar refractivity (Wildman–Crippen MR) is 116 cm³/mol. The van der Waals surface area contributed by atoms with E-state index in [9.17, 15) is 0 Å². The van der Waals surface area contributed by atoms with Crippen LogP contribution in [-0.4, -0.2) is 87.5 Å². The van der Waals surface area contributed by atoms with Crippen LogP contribution < -0.4 is 5.32 Å². The smallest absolute Gasteiger partial charge is 0.193 e. The van der Waals surface area contributed by atoms with Crippen LogP contribution in [0.4, 0.5) is 0 Å². The highest BCUT2D eigenvalue weighted by atomic mass is 127. The second-order valence-corrected chi connectivity index (χ2v) is 7.21. The topological polar surface area (TPSA) is 49.3 Å². The van der Waals surface area contributed by atoms with Crippen LogP contribution >= 0.6 is 24.0 Å². The van der Waals surface area contributed by atoms with Gasteiger partial charge in [0, 0.05) is 64.4 Å². The Kier molecular flexibility index (Phi) is 10.2. The molecule has 0 amide bonds. The van der Waals surface area contributed by atoms with E-state index in [0.29, 0.717) is 12.0 Å². The molecular weight excluding hydrogens is 443 g/mol. The second-order valence-electron chi connectivity index (χ2n) is 7.21. The summed E-state index contributed by atoms with van der Waals surface area (Å²) >= 11 is 0. The fourth-order valence-corrected chi connectivity index (χ4v) is 3.77. The fourth-order valence-electron chi connectivity index (χ4n) is 3.77. The SMILES string of the molecule is CCNC(=NCCCOCC1CCOC1)N1CCC(N2CC=CC2)C1.I. The third-order valence-corrected chi connectivity index (χ3v) is 5.25. The largest absolute Gasteiger partial charge is 0.381 e. The van der Waals surface area contributed by atoms with E-state index >= 15 is 0 Å². The lowest BCUT2D eigenvalue weighted by molar-refractivity contribution is 0.0893. The number of likely N-dealkylation sites (tertiary alicyclic amines) is 1. The Balaban J connectivity index is 0.00000243. The van der Waals surface area contributed by atoms with Gasteiger partial charge >= 0.3 is 0 Å². The molecule has 0 aliphatic carbocycles. The summed E-state index contributed by atoms with van der Waals surface area (Å²) in [7, 11) is 0. The van der Waals surface area contributed by atoms with E-state index in [-0.39, 0.29) is 24.0 Å². The van der Waals surface area contributed by atoms with E-state index in [1.165, 1.54) is 6.42 Å². The third-order valence-electron chi connectivity index (χ3n) is 5.25. The molecule has 0 saturated carbocycles. The summed E-state index contributed by atoms with van der Waals surface area (Å²) in [6.45, 7) is 11.7. The van der Waals surface area contributed by atoms with Crippen molar-refractivity contribution in [3.05, 3.63) is 12.2 Å². The van der Waals surface area contributed by atoms with Crippen molar-refractivity contribution >= 4 is 29.9 Å². The Labute approximate surface area is 175 Å². The molecule has 0 aromatic carbocycles. The van der Waals surface area contributed by atoms with E-state index in [1.54, 1.807) is 0 Å². The van der Waals surface area contributed by atoms with Crippen molar-refractivity contribution in [2.75, 3.05) is 65.7 Å². The van der Waals surface area contributed by atoms with Crippen molar-refractivity contribution in [3.63, 3.8) is 0 Å². The van der Waals surface area contributed by atoms with Gasteiger partial charge in [-0.25, -0.2) is 0 Å². The lowest BCUT2D eigenvalue weighted by atomic mass is 10.1. The zero-order valence-corrected chi connectivity index (χ0v) is 18.4. The molecule has 0 aromatic heterocycles. The Morgan fingerprint density at radius 1 is 1.31 bits per heavy atom. The molecule has 2 fully saturated rings. The summed E-state index contributed by atoms with van der Waals surface area (Å²) in [5.74, 6) is 1.67. The maximum atomic E-state index is 5.77. The zero-order chi connectivity index (χ0) is 17.3. The molecule has 26 heavy (non-hydrogen) atoms. The molecule has 2 saturated heterocycles. The quantitative estimate of drug-likeness (QED) is 0.190. The highest BCUT2D eigenvalue weighted by Gasteiger charge is 2.29. The maximum Gasteiger partial charge on any atom is 0.193 e. The lowest BCUT2D eigenvalue weighted by Gasteiger charge is -2.25. The molecule has 2 atom stereocenters. The van der Waals surface area contributed by atoms with Crippen LogP contribution in [0.3, 0.4) is 0 Å².